The molecule has 1 amide bonds. The molecule has 2 N–H and O–H groups in total. The average molecular weight is 258 g/mol. The Balaban J connectivity index is 2.45. The van der Waals surface area contributed by atoms with Crippen LogP contribution in [0.5, 0.6) is 0 Å². The Bertz CT molecular complexity index is 393. The molecule has 0 spiro atoms. The lowest BCUT2D eigenvalue weighted by Gasteiger charge is -2.05. The Morgan fingerprint density at radius 1 is 1.59 bits per heavy atom. The maximum absolute atomic E-state index is 11.2. The summed E-state index contributed by atoms with van der Waals surface area (Å²) >= 11 is 1.08. The van der Waals surface area contributed by atoms with Crippen molar-refractivity contribution < 1.29 is 14.7 Å². The van der Waals surface area contributed by atoms with Gasteiger partial charge in [-0.2, -0.15) is 0 Å². The van der Waals surface area contributed by atoms with E-state index in [1.165, 1.54) is 6.33 Å². The molecule has 0 aromatic carbocycles. The second-order valence-corrected chi connectivity index (χ2v) is 4.14. The Morgan fingerprint density at radius 3 is 3.00 bits per heavy atom. The Hall–Kier alpha value is -1.57. The van der Waals surface area contributed by atoms with Gasteiger partial charge in [-0.15, -0.1) is 10.2 Å². The van der Waals surface area contributed by atoms with Gasteiger partial charge in [-0.25, -0.2) is 0 Å². The average Bonchev–Trinajstić information content (AvgIpc) is 2.71. The number of nitrogens with zero attached hydrogens (tertiary/aromatic N) is 3. The number of carbonyl (C=O) groups excluding carboxylic acids is 1. The third-order valence-corrected chi connectivity index (χ3v) is 2.82. The van der Waals surface area contributed by atoms with Gasteiger partial charge in [-0.1, -0.05) is 11.8 Å². The largest absolute Gasteiger partial charge is 0.481 e. The van der Waals surface area contributed by atoms with Crippen molar-refractivity contribution in [1.29, 1.82) is 0 Å². The minimum atomic E-state index is -0.909. The fourth-order valence-electron chi connectivity index (χ4n) is 1.14. The number of carboxylic acids is 1. The highest BCUT2D eigenvalue weighted by atomic mass is 32.2. The maximum atomic E-state index is 11.2. The van der Waals surface area contributed by atoms with Gasteiger partial charge in [0, 0.05) is 19.5 Å². The van der Waals surface area contributed by atoms with Gasteiger partial charge in [-0.05, 0) is 6.92 Å². The number of rotatable bonds is 7. The number of aromatic nitrogens is 3. The van der Waals surface area contributed by atoms with E-state index in [4.69, 9.17) is 5.11 Å². The number of carbonyl (C=O) groups is 2. The number of aryl methyl sites for hydroxylation is 1. The summed E-state index contributed by atoms with van der Waals surface area (Å²) in [5, 5.41) is 19.2. The zero-order chi connectivity index (χ0) is 12.7. The van der Waals surface area contributed by atoms with E-state index in [-0.39, 0.29) is 11.7 Å². The molecule has 8 heteroatoms. The van der Waals surface area contributed by atoms with Gasteiger partial charge in [0.2, 0.25) is 5.91 Å². The number of aliphatic carboxylic acids is 1. The van der Waals surface area contributed by atoms with Crippen molar-refractivity contribution in [3.05, 3.63) is 6.33 Å². The molecule has 0 aliphatic carbocycles. The molecule has 1 aromatic rings. The molecule has 0 bridgehead atoms. The number of thioether (sulfide) groups is 1. The first-order valence-electron chi connectivity index (χ1n) is 5.12. The monoisotopic (exact) mass is 258 g/mol. The molecule has 0 radical (unpaired) electrons. The molecule has 7 nitrogen and oxygen atoms in total. The zero-order valence-corrected chi connectivity index (χ0v) is 10.2. The quantitative estimate of drug-likeness (QED) is 0.667. The smallest absolute Gasteiger partial charge is 0.313 e. The van der Waals surface area contributed by atoms with Gasteiger partial charge in [-0.3, -0.25) is 9.59 Å². The Morgan fingerprint density at radius 2 is 2.35 bits per heavy atom. The molecule has 1 aromatic heterocycles. The summed E-state index contributed by atoms with van der Waals surface area (Å²) in [7, 11) is 0. The van der Waals surface area contributed by atoms with Crippen molar-refractivity contribution >= 4 is 23.6 Å². The molecule has 17 heavy (non-hydrogen) atoms. The molecule has 0 fully saturated rings. The van der Waals surface area contributed by atoms with E-state index in [0.717, 1.165) is 11.8 Å². The number of hydrogen-bond donors (Lipinski definition) is 2. The highest BCUT2D eigenvalue weighted by Gasteiger charge is 2.08. The molecule has 1 heterocycles. The minimum Gasteiger partial charge on any atom is -0.481 e. The van der Waals surface area contributed by atoms with Crippen LogP contribution in [0.25, 0.3) is 0 Å². The van der Waals surface area contributed by atoms with Gasteiger partial charge in [0.1, 0.15) is 6.33 Å². The first-order valence-corrected chi connectivity index (χ1v) is 6.11. The number of nitrogens with one attached hydrogen (secondary N) is 1. The first-order chi connectivity index (χ1) is 8.13. The van der Waals surface area contributed by atoms with Crippen molar-refractivity contribution in [1.82, 2.24) is 20.1 Å². The van der Waals surface area contributed by atoms with Gasteiger partial charge in [0.25, 0.3) is 0 Å². The van der Waals surface area contributed by atoms with Crippen LogP contribution in [-0.4, -0.2) is 44.0 Å². The molecule has 0 aliphatic rings. The van der Waals surface area contributed by atoms with Crippen LogP contribution in [0, 0.1) is 0 Å². The van der Waals surface area contributed by atoms with E-state index in [1.807, 2.05) is 6.92 Å². The van der Waals surface area contributed by atoms with Gasteiger partial charge in [0.15, 0.2) is 5.16 Å². The summed E-state index contributed by atoms with van der Waals surface area (Å²) in [5.74, 6) is -1.02. The fraction of sp³-hybridized carbons (Fsp3) is 0.556. The molecular weight excluding hydrogens is 244 g/mol. The van der Waals surface area contributed by atoms with Crippen molar-refractivity contribution in [2.24, 2.45) is 0 Å². The molecule has 0 atom stereocenters. The lowest BCUT2D eigenvalue weighted by atomic mass is 10.4. The van der Waals surface area contributed by atoms with Crippen molar-refractivity contribution in [3.8, 4) is 0 Å². The highest BCUT2D eigenvalue weighted by molar-refractivity contribution is 7.99. The summed E-state index contributed by atoms with van der Waals surface area (Å²) in [6.07, 6.45) is 1.82. The topological polar surface area (TPSA) is 97.1 Å². The van der Waals surface area contributed by atoms with Gasteiger partial charge in [0.05, 0.1) is 5.75 Å². The SMILES string of the molecule is CCNC(=O)CCn1cnnc1SCC(=O)O. The van der Waals surface area contributed by atoms with E-state index >= 15 is 0 Å². The Labute approximate surface area is 103 Å². The van der Waals surface area contributed by atoms with Crippen molar-refractivity contribution in [3.63, 3.8) is 0 Å². The van der Waals surface area contributed by atoms with Crippen LogP contribution >= 0.6 is 11.8 Å². The molecule has 0 unspecified atom stereocenters. The third kappa shape index (κ3) is 4.85. The Kier molecular flexibility index (Phi) is 5.47. The van der Waals surface area contributed by atoms with E-state index in [9.17, 15) is 9.59 Å². The highest BCUT2D eigenvalue weighted by Crippen LogP contribution is 2.14. The summed E-state index contributed by atoms with van der Waals surface area (Å²) in [6, 6.07) is 0. The second kappa shape index (κ2) is 6.89. The number of hydrogen-bond acceptors (Lipinski definition) is 5. The summed E-state index contributed by atoms with van der Waals surface area (Å²) in [5.41, 5.74) is 0. The van der Waals surface area contributed by atoms with Crippen LogP contribution in [0.3, 0.4) is 0 Å². The molecular formula is C9H14N4O3S. The van der Waals surface area contributed by atoms with Crippen LogP contribution in [0.4, 0.5) is 0 Å². The molecule has 0 aliphatic heterocycles. The van der Waals surface area contributed by atoms with Gasteiger partial charge < -0.3 is 15.0 Å². The molecule has 94 valence electrons. The lowest BCUT2D eigenvalue weighted by Crippen LogP contribution is -2.23. The van der Waals surface area contributed by atoms with Crippen LogP contribution in [0.2, 0.25) is 0 Å². The van der Waals surface area contributed by atoms with E-state index in [1.54, 1.807) is 4.57 Å². The first kappa shape index (κ1) is 13.5. The van der Waals surface area contributed by atoms with Crippen LogP contribution in [0.15, 0.2) is 11.5 Å². The van der Waals surface area contributed by atoms with Crippen molar-refractivity contribution in [2.45, 2.75) is 25.0 Å². The van der Waals surface area contributed by atoms with Crippen molar-refractivity contribution in [2.75, 3.05) is 12.3 Å². The lowest BCUT2D eigenvalue weighted by molar-refractivity contribution is -0.134. The standard InChI is InChI=1S/C9H14N4O3S/c1-2-10-7(14)3-4-13-6-11-12-9(13)17-5-8(15)16/h6H,2-5H2,1H3,(H,10,14)(H,15,16). The maximum Gasteiger partial charge on any atom is 0.313 e. The van der Waals surface area contributed by atoms with E-state index in [0.29, 0.717) is 24.7 Å². The van der Waals surface area contributed by atoms with Crippen LogP contribution in [0.1, 0.15) is 13.3 Å². The third-order valence-electron chi connectivity index (χ3n) is 1.86. The molecule has 0 saturated heterocycles. The summed E-state index contributed by atoms with van der Waals surface area (Å²) in [4.78, 5) is 21.7. The van der Waals surface area contributed by atoms with Crippen LogP contribution < -0.4 is 5.32 Å². The summed E-state index contributed by atoms with van der Waals surface area (Å²) in [6.45, 7) is 2.90. The normalized spacial score (nSPS) is 10.2. The number of carboxylic acid groups (broad SMARTS) is 1. The molecule has 1 rings (SSSR count). The predicted octanol–water partition coefficient (Wildman–Crippen LogP) is -0.0190. The predicted molar refractivity (Wildman–Crippen MR) is 61.7 cm³/mol. The van der Waals surface area contributed by atoms with Crippen LogP contribution in [-0.2, 0) is 16.1 Å². The van der Waals surface area contributed by atoms with Gasteiger partial charge >= 0.3 is 5.97 Å². The number of amides is 1. The summed E-state index contributed by atoms with van der Waals surface area (Å²) < 4.78 is 1.67. The minimum absolute atomic E-state index is 0.0459. The fourth-order valence-corrected chi connectivity index (χ4v) is 1.81. The van der Waals surface area contributed by atoms with E-state index < -0.39 is 5.97 Å². The zero-order valence-electron chi connectivity index (χ0n) is 9.42. The molecule has 0 saturated carbocycles. The second-order valence-electron chi connectivity index (χ2n) is 3.19. The van der Waals surface area contributed by atoms with E-state index in [2.05, 4.69) is 15.5 Å².